The van der Waals surface area contributed by atoms with Crippen LogP contribution in [0.25, 0.3) is 10.9 Å². The molecule has 0 amide bonds. The molecule has 1 aromatic carbocycles. The zero-order chi connectivity index (χ0) is 11.0. The number of fused-ring (bicyclic) bond motifs is 1. The van der Waals surface area contributed by atoms with Crippen LogP contribution in [0, 0.1) is 6.92 Å². The van der Waals surface area contributed by atoms with E-state index in [4.69, 9.17) is 17.3 Å². The Morgan fingerprint density at radius 3 is 2.80 bits per heavy atom. The molecule has 2 nitrogen and oxygen atoms in total. The maximum atomic E-state index is 6.11. The van der Waals surface area contributed by atoms with Crippen LogP contribution in [0.5, 0.6) is 0 Å². The van der Waals surface area contributed by atoms with Gasteiger partial charge in [-0.1, -0.05) is 24.6 Å². The normalized spacial score (nSPS) is 10.9. The van der Waals surface area contributed by atoms with Gasteiger partial charge in [-0.15, -0.1) is 0 Å². The van der Waals surface area contributed by atoms with E-state index in [0.717, 1.165) is 28.6 Å². The van der Waals surface area contributed by atoms with Crippen molar-refractivity contribution in [1.29, 1.82) is 0 Å². The number of hydrogen-bond donors (Lipinski definition) is 1. The third-order valence-corrected chi connectivity index (χ3v) is 2.87. The number of nitrogen functional groups attached to an aromatic ring is 1. The highest BCUT2D eigenvalue weighted by Crippen LogP contribution is 2.30. The Kier molecular flexibility index (Phi) is 2.53. The molecule has 15 heavy (non-hydrogen) atoms. The third-order valence-electron chi connectivity index (χ3n) is 2.56. The molecule has 0 aliphatic carbocycles. The molecule has 1 heterocycles. The molecule has 0 aliphatic heterocycles. The Hall–Kier alpha value is -1.28. The van der Waals surface area contributed by atoms with Gasteiger partial charge in [0.05, 0.1) is 10.5 Å². The van der Waals surface area contributed by atoms with Gasteiger partial charge in [0.1, 0.15) is 0 Å². The van der Waals surface area contributed by atoms with Gasteiger partial charge in [0.2, 0.25) is 0 Å². The molecule has 0 aliphatic rings. The first-order valence-electron chi connectivity index (χ1n) is 4.97. The van der Waals surface area contributed by atoms with Crippen molar-refractivity contribution >= 4 is 28.2 Å². The monoisotopic (exact) mass is 220 g/mol. The van der Waals surface area contributed by atoms with Gasteiger partial charge in [0, 0.05) is 16.8 Å². The number of nitrogens with two attached hydrogens (primary N) is 1. The molecular formula is C12H13ClN2. The molecule has 0 unspecified atom stereocenters. The third kappa shape index (κ3) is 1.65. The lowest BCUT2D eigenvalue weighted by molar-refractivity contribution is 1.06. The second kappa shape index (κ2) is 3.70. The molecule has 2 aromatic rings. The summed E-state index contributed by atoms with van der Waals surface area (Å²) in [5.74, 6) is 0. The van der Waals surface area contributed by atoms with Crippen LogP contribution in [0.15, 0.2) is 18.2 Å². The maximum Gasteiger partial charge on any atom is 0.0770 e. The van der Waals surface area contributed by atoms with Crippen LogP contribution in [0.2, 0.25) is 5.02 Å². The predicted molar refractivity (Wildman–Crippen MR) is 65.3 cm³/mol. The van der Waals surface area contributed by atoms with Crippen LogP contribution in [-0.2, 0) is 6.42 Å². The highest BCUT2D eigenvalue weighted by Gasteiger charge is 2.08. The summed E-state index contributed by atoms with van der Waals surface area (Å²) in [4.78, 5) is 4.55. The minimum Gasteiger partial charge on any atom is -0.398 e. The first kappa shape index (κ1) is 10.2. The SMILES string of the molecule is CCc1cc(N)c2c(Cl)ccc(C)c2n1. The molecule has 78 valence electrons. The topological polar surface area (TPSA) is 38.9 Å². The van der Waals surface area contributed by atoms with E-state index >= 15 is 0 Å². The van der Waals surface area contributed by atoms with Crippen molar-refractivity contribution in [3.8, 4) is 0 Å². The summed E-state index contributed by atoms with van der Waals surface area (Å²) >= 11 is 6.11. The zero-order valence-corrected chi connectivity index (χ0v) is 9.60. The van der Waals surface area contributed by atoms with Crippen molar-refractivity contribution < 1.29 is 0 Å². The Balaban J connectivity index is 2.90. The number of benzene rings is 1. The Morgan fingerprint density at radius 2 is 2.13 bits per heavy atom. The van der Waals surface area contributed by atoms with Crippen molar-refractivity contribution in [2.75, 3.05) is 5.73 Å². The fourth-order valence-electron chi connectivity index (χ4n) is 1.70. The standard InChI is InChI=1S/C12H13ClN2/c1-3-8-6-10(14)11-9(13)5-4-7(2)12(11)15-8/h4-6H,3H2,1-2H3,(H2,14,15). The van der Waals surface area contributed by atoms with E-state index in [1.54, 1.807) is 0 Å². The minimum absolute atomic E-state index is 0.670. The smallest absolute Gasteiger partial charge is 0.0770 e. The summed E-state index contributed by atoms with van der Waals surface area (Å²) in [6.45, 7) is 4.08. The summed E-state index contributed by atoms with van der Waals surface area (Å²) in [6, 6.07) is 5.73. The maximum absolute atomic E-state index is 6.11. The molecule has 0 fully saturated rings. The molecule has 0 saturated carbocycles. The fourth-order valence-corrected chi connectivity index (χ4v) is 1.96. The number of halogens is 1. The number of aromatic nitrogens is 1. The Labute approximate surface area is 94.1 Å². The number of anilines is 1. The van der Waals surface area contributed by atoms with Gasteiger partial charge >= 0.3 is 0 Å². The van der Waals surface area contributed by atoms with Crippen LogP contribution >= 0.6 is 11.6 Å². The average molecular weight is 221 g/mol. The molecule has 0 bridgehead atoms. The molecule has 0 radical (unpaired) electrons. The Morgan fingerprint density at radius 1 is 1.40 bits per heavy atom. The zero-order valence-electron chi connectivity index (χ0n) is 8.84. The molecule has 3 heteroatoms. The second-order valence-electron chi connectivity index (χ2n) is 3.64. The van der Waals surface area contributed by atoms with Gasteiger partial charge in [0.25, 0.3) is 0 Å². The van der Waals surface area contributed by atoms with E-state index in [1.807, 2.05) is 25.1 Å². The van der Waals surface area contributed by atoms with Crippen LogP contribution < -0.4 is 5.73 Å². The van der Waals surface area contributed by atoms with Crippen molar-refractivity contribution in [3.05, 3.63) is 34.5 Å². The first-order chi connectivity index (χ1) is 7.13. The van der Waals surface area contributed by atoms with Crippen LogP contribution in [-0.4, -0.2) is 4.98 Å². The summed E-state index contributed by atoms with van der Waals surface area (Å²) in [5.41, 5.74) is 9.72. The second-order valence-corrected chi connectivity index (χ2v) is 4.05. The van der Waals surface area contributed by atoms with Gasteiger partial charge in [-0.3, -0.25) is 4.98 Å². The van der Waals surface area contributed by atoms with Gasteiger partial charge in [-0.2, -0.15) is 0 Å². The Bertz CT molecular complexity index is 521. The van der Waals surface area contributed by atoms with Crippen LogP contribution in [0.3, 0.4) is 0 Å². The van der Waals surface area contributed by atoms with Crippen molar-refractivity contribution in [3.63, 3.8) is 0 Å². The van der Waals surface area contributed by atoms with Gasteiger partial charge in [-0.25, -0.2) is 0 Å². The summed E-state index contributed by atoms with van der Waals surface area (Å²) in [7, 11) is 0. The molecule has 0 spiro atoms. The van der Waals surface area contributed by atoms with Crippen LogP contribution in [0.4, 0.5) is 5.69 Å². The summed E-state index contributed by atoms with van der Waals surface area (Å²) in [6.07, 6.45) is 0.881. The predicted octanol–water partition coefficient (Wildman–Crippen LogP) is 3.34. The minimum atomic E-state index is 0.670. The van der Waals surface area contributed by atoms with E-state index in [9.17, 15) is 0 Å². The molecule has 2 N–H and O–H groups in total. The first-order valence-corrected chi connectivity index (χ1v) is 5.35. The largest absolute Gasteiger partial charge is 0.398 e. The van der Waals surface area contributed by atoms with Crippen molar-refractivity contribution in [1.82, 2.24) is 4.98 Å². The van der Waals surface area contributed by atoms with Gasteiger partial charge < -0.3 is 5.73 Å². The molecular weight excluding hydrogens is 208 g/mol. The van der Waals surface area contributed by atoms with Crippen molar-refractivity contribution in [2.45, 2.75) is 20.3 Å². The van der Waals surface area contributed by atoms with E-state index < -0.39 is 0 Å². The molecule has 0 atom stereocenters. The summed E-state index contributed by atoms with van der Waals surface area (Å²) < 4.78 is 0. The number of aryl methyl sites for hydroxylation is 2. The van der Waals surface area contributed by atoms with E-state index in [1.165, 1.54) is 0 Å². The van der Waals surface area contributed by atoms with Gasteiger partial charge in [-0.05, 0) is 31.0 Å². The van der Waals surface area contributed by atoms with Crippen molar-refractivity contribution in [2.24, 2.45) is 0 Å². The number of rotatable bonds is 1. The highest BCUT2D eigenvalue weighted by molar-refractivity contribution is 6.36. The summed E-state index contributed by atoms with van der Waals surface area (Å²) in [5, 5.41) is 1.54. The van der Waals surface area contributed by atoms with E-state index in [0.29, 0.717) is 10.7 Å². The molecule has 1 aromatic heterocycles. The molecule has 2 rings (SSSR count). The number of hydrogen-bond acceptors (Lipinski definition) is 2. The lowest BCUT2D eigenvalue weighted by Crippen LogP contribution is -1.96. The molecule has 0 saturated heterocycles. The highest BCUT2D eigenvalue weighted by atomic mass is 35.5. The average Bonchev–Trinajstić information content (AvgIpc) is 2.23. The van der Waals surface area contributed by atoms with Crippen LogP contribution in [0.1, 0.15) is 18.2 Å². The van der Waals surface area contributed by atoms with E-state index in [-0.39, 0.29) is 0 Å². The number of nitrogens with zero attached hydrogens (tertiary/aromatic N) is 1. The van der Waals surface area contributed by atoms with E-state index in [2.05, 4.69) is 11.9 Å². The van der Waals surface area contributed by atoms with Gasteiger partial charge in [0.15, 0.2) is 0 Å². The quantitative estimate of drug-likeness (QED) is 0.801. The number of pyridine rings is 1. The lowest BCUT2D eigenvalue weighted by Gasteiger charge is -2.08. The lowest BCUT2D eigenvalue weighted by atomic mass is 10.1. The fraction of sp³-hybridized carbons (Fsp3) is 0.250.